The lowest BCUT2D eigenvalue weighted by Gasteiger charge is -2.43. The highest BCUT2D eigenvalue weighted by atomic mass is 16.5. The number of piperazine rings is 1. The van der Waals surface area contributed by atoms with E-state index in [0.717, 1.165) is 62.1 Å². The van der Waals surface area contributed by atoms with Crippen LogP contribution in [0.3, 0.4) is 0 Å². The number of hydrogen-bond donors (Lipinski definition) is 2. The molecular formula is C29H31N7O4. The van der Waals surface area contributed by atoms with Gasteiger partial charge in [0.1, 0.15) is 18.1 Å². The second-order valence-electron chi connectivity index (χ2n) is 10.2. The molecule has 0 saturated carbocycles. The summed E-state index contributed by atoms with van der Waals surface area (Å²) in [6.45, 7) is 6.54. The first kappa shape index (κ1) is 24.7. The van der Waals surface area contributed by atoms with E-state index in [1.165, 1.54) is 0 Å². The van der Waals surface area contributed by atoms with Crippen molar-refractivity contribution < 1.29 is 19.0 Å². The summed E-state index contributed by atoms with van der Waals surface area (Å²) in [4.78, 5) is 26.9. The maximum atomic E-state index is 12.6. The molecule has 1 amide bonds. The van der Waals surface area contributed by atoms with Crippen LogP contribution in [0.2, 0.25) is 0 Å². The van der Waals surface area contributed by atoms with E-state index in [0.29, 0.717) is 47.7 Å². The van der Waals surface area contributed by atoms with Crippen molar-refractivity contribution in [2.45, 2.75) is 6.04 Å². The van der Waals surface area contributed by atoms with Gasteiger partial charge in [-0.15, -0.1) is 0 Å². The number of imidazole rings is 1. The fraction of sp³-hybridized carbons (Fsp3) is 0.345. The van der Waals surface area contributed by atoms with Crippen molar-refractivity contribution in [1.82, 2.24) is 24.6 Å². The van der Waals surface area contributed by atoms with E-state index in [2.05, 4.69) is 31.5 Å². The number of nitrogens with zero attached hydrogens (tertiary/aromatic N) is 5. The lowest BCUT2D eigenvalue weighted by Crippen LogP contribution is -2.56. The molecular weight excluding hydrogens is 510 g/mol. The Kier molecular flexibility index (Phi) is 6.37. The first-order valence-corrected chi connectivity index (χ1v) is 13.6. The molecule has 11 nitrogen and oxygen atoms in total. The molecule has 3 aliphatic heterocycles. The number of aromatic nitrogens is 3. The largest absolute Gasteiger partial charge is 0.495 e. The predicted molar refractivity (Wildman–Crippen MR) is 151 cm³/mol. The van der Waals surface area contributed by atoms with Crippen molar-refractivity contribution >= 4 is 28.7 Å². The Labute approximate surface area is 231 Å². The summed E-state index contributed by atoms with van der Waals surface area (Å²) >= 11 is 0. The fourth-order valence-electron chi connectivity index (χ4n) is 5.48. The lowest BCUT2D eigenvalue weighted by molar-refractivity contribution is -0.0660. The van der Waals surface area contributed by atoms with Crippen molar-refractivity contribution in [1.29, 1.82) is 0 Å². The Morgan fingerprint density at radius 3 is 2.77 bits per heavy atom. The van der Waals surface area contributed by atoms with Gasteiger partial charge in [-0.1, -0.05) is 0 Å². The van der Waals surface area contributed by atoms with Gasteiger partial charge in [-0.05, 0) is 30.3 Å². The zero-order valence-corrected chi connectivity index (χ0v) is 22.3. The minimum absolute atomic E-state index is 0.151. The third kappa shape index (κ3) is 4.56. The van der Waals surface area contributed by atoms with E-state index < -0.39 is 0 Å². The van der Waals surface area contributed by atoms with Gasteiger partial charge in [0.05, 0.1) is 49.9 Å². The van der Waals surface area contributed by atoms with E-state index in [1.54, 1.807) is 13.3 Å². The quantitative estimate of drug-likeness (QED) is 0.381. The summed E-state index contributed by atoms with van der Waals surface area (Å²) in [5, 5.41) is 6.31. The topological polar surface area (TPSA) is 105 Å². The molecule has 2 aromatic heterocycles. The zero-order valence-electron chi connectivity index (χ0n) is 22.3. The number of anilines is 3. The van der Waals surface area contributed by atoms with E-state index >= 15 is 0 Å². The van der Waals surface area contributed by atoms with Gasteiger partial charge in [-0.3, -0.25) is 9.69 Å². The fourth-order valence-corrected chi connectivity index (χ4v) is 5.48. The highest BCUT2D eigenvalue weighted by Gasteiger charge is 2.29. The van der Waals surface area contributed by atoms with Crippen LogP contribution in [-0.2, 0) is 4.74 Å². The summed E-state index contributed by atoms with van der Waals surface area (Å²) in [6.07, 6.45) is 5.52. The van der Waals surface area contributed by atoms with E-state index in [1.807, 2.05) is 47.1 Å². The SMILES string of the molecule is COc1cc(Nc2nc(-c3ccc4c(c3)C(=O)NCCO4)cn3ccnc23)ccc1N1CCN(C2COC2)CC1. The Balaban J connectivity index is 1.16. The molecule has 2 fully saturated rings. The average Bonchev–Trinajstić information content (AvgIpc) is 3.36. The maximum absolute atomic E-state index is 12.6. The highest BCUT2D eigenvalue weighted by Crippen LogP contribution is 2.34. The number of rotatable bonds is 6. The van der Waals surface area contributed by atoms with Crippen molar-refractivity contribution in [3.05, 3.63) is 60.6 Å². The van der Waals surface area contributed by atoms with Crippen LogP contribution in [0.5, 0.6) is 11.5 Å². The first-order chi connectivity index (χ1) is 19.7. The van der Waals surface area contributed by atoms with Gasteiger partial charge in [0.15, 0.2) is 11.5 Å². The lowest BCUT2D eigenvalue weighted by atomic mass is 10.1. The van der Waals surface area contributed by atoms with Crippen LogP contribution in [0.4, 0.5) is 17.2 Å². The van der Waals surface area contributed by atoms with Crippen LogP contribution < -0.4 is 25.0 Å². The maximum Gasteiger partial charge on any atom is 0.255 e. The Bertz CT molecular complexity index is 1560. The molecule has 2 N–H and O–H groups in total. The highest BCUT2D eigenvalue weighted by molar-refractivity contribution is 5.98. The van der Waals surface area contributed by atoms with Gasteiger partial charge in [-0.2, -0.15) is 0 Å². The third-order valence-corrected chi connectivity index (χ3v) is 7.77. The number of carbonyl (C=O) groups excluding carboxylic acids is 1. The summed E-state index contributed by atoms with van der Waals surface area (Å²) in [6, 6.07) is 12.3. The van der Waals surface area contributed by atoms with Crippen LogP contribution in [0.25, 0.3) is 16.9 Å². The van der Waals surface area contributed by atoms with Crippen molar-refractivity contribution in [3.63, 3.8) is 0 Å². The van der Waals surface area contributed by atoms with Gasteiger partial charge in [-0.25, -0.2) is 9.97 Å². The van der Waals surface area contributed by atoms with Crippen LogP contribution in [-0.4, -0.2) is 90.9 Å². The summed E-state index contributed by atoms with van der Waals surface area (Å²) in [5.41, 5.74) is 4.62. The average molecular weight is 542 g/mol. The molecule has 206 valence electrons. The minimum atomic E-state index is -0.151. The molecule has 4 aromatic rings. The molecule has 5 heterocycles. The van der Waals surface area contributed by atoms with Gasteiger partial charge in [0.2, 0.25) is 0 Å². The molecule has 0 bridgehead atoms. The number of ether oxygens (including phenoxy) is 3. The molecule has 0 atom stereocenters. The standard InChI is InChI=1S/C29H31N7O4/c1-38-26-15-20(3-4-24(26)35-11-9-34(10-12-35)21-17-39-18-21)32-27-28-30-6-8-36(28)16-23(33-27)19-2-5-25-22(14-19)29(37)31-7-13-40-25/h2-6,8,14-16,21H,7,9-13,17-18H2,1H3,(H,31,37)(H,32,33). The van der Waals surface area contributed by atoms with Gasteiger partial charge < -0.3 is 34.1 Å². The zero-order chi connectivity index (χ0) is 27.1. The molecule has 3 aliphatic rings. The van der Waals surface area contributed by atoms with Crippen LogP contribution in [0.15, 0.2) is 55.0 Å². The molecule has 40 heavy (non-hydrogen) atoms. The van der Waals surface area contributed by atoms with Gasteiger partial charge in [0, 0.05) is 62.1 Å². The molecule has 0 unspecified atom stereocenters. The van der Waals surface area contributed by atoms with Crippen molar-refractivity contribution in [2.24, 2.45) is 0 Å². The number of nitrogens with one attached hydrogen (secondary N) is 2. The second kappa shape index (κ2) is 10.3. The Morgan fingerprint density at radius 1 is 1.10 bits per heavy atom. The smallest absolute Gasteiger partial charge is 0.255 e. The number of benzene rings is 2. The predicted octanol–water partition coefficient (Wildman–Crippen LogP) is 2.79. The minimum Gasteiger partial charge on any atom is -0.495 e. The Morgan fingerprint density at radius 2 is 1.98 bits per heavy atom. The molecule has 7 rings (SSSR count). The van der Waals surface area contributed by atoms with Gasteiger partial charge >= 0.3 is 0 Å². The van der Waals surface area contributed by atoms with Crippen LogP contribution in [0.1, 0.15) is 10.4 Å². The first-order valence-electron chi connectivity index (χ1n) is 13.6. The van der Waals surface area contributed by atoms with E-state index in [4.69, 9.17) is 19.2 Å². The molecule has 0 aliphatic carbocycles. The monoisotopic (exact) mass is 541 g/mol. The van der Waals surface area contributed by atoms with Gasteiger partial charge in [0.25, 0.3) is 5.91 Å². The molecule has 0 radical (unpaired) electrons. The summed E-state index contributed by atoms with van der Waals surface area (Å²) < 4.78 is 18.8. The number of amides is 1. The summed E-state index contributed by atoms with van der Waals surface area (Å²) in [5.74, 6) is 1.83. The van der Waals surface area contributed by atoms with Crippen LogP contribution >= 0.6 is 0 Å². The normalized spacial score (nSPS) is 17.9. The number of methoxy groups -OCH3 is 1. The number of fused-ring (bicyclic) bond motifs is 2. The van der Waals surface area contributed by atoms with E-state index in [-0.39, 0.29) is 5.91 Å². The molecule has 2 aromatic carbocycles. The third-order valence-electron chi connectivity index (χ3n) is 7.77. The van der Waals surface area contributed by atoms with Crippen molar-refractivity contribution in [2.75, 3.05) is 69.9 Å². The van der Waals surface area contributed by atoms with E-state index in [9.17, 15) is 4.79 Å². The summed E-state index contributed by atoms with van der Waals surface area (Å²) in [7, 11) is 1.70. The number of hydrogen-bond acceptors (Lipinski definition) is 9. The van der Waals surface area contributed by atoms with Crippen molar-refractivity contribution in [3.8, 4) is 22.8 Å². The molecule has 2 saturated heterocycles. The van der Waals surface area contributed by atoms with Crippen LogP contribution in [0, 0.1) is 0 Å². The number of carbonyl (C=O) groups is 1. The molecule has 11 heteroatoms. The Hall–Kier alpha value is -4.35. The molecule has 0 spiro atoms. The second-order valence-corrected chi connectivity index (χ2v) is 10.2.